The molecular formula is C6H8F5NO4S. The van der Waals surface area contributed by atoms with Gasteiger partial charge in [0.15, 0.2) is 0 Å². The van der Waals surface area contributed by atoms with Crippen molar-refractivity contribution in [3.8, 4) is 0 Å². The minimum atomic E-state index is -6.06. The molecule has 5 nitrogen and oxygen atoms in total. The van der Waals surface area contributed by atoms with Crippen molar-refractivity contribution < 1.29 is 39.7 Å². The Morgan fingerprint density at radius 2 is 1.65 bits per heavy atom. The van der Waals surface area contributed by atoms with Crippen molar-refractivity contribution in [2.75, 3.05) is 19.3 Å². The molecule has 0 radical (unpaired) electrons. The molecule has 0 aromatic rings. The second-order valence-electron chi connectivity index (χ2n) is 3.08. The molecule has 0 aromatic carbocycles. The first-order chi connectivity index (χ1) is 7.29. The van der Waals surface area contributed by atoms with Gasteiger partial charge < -0.3 is 4.90 Å². The largest absolute Gasteiger partial charge is 0.463 e. The molecule has 0 atom stereocenters. The lowest BCUT2D eigenvalue weighted by Crippen LogP contribution is -2.51. The molecule has 0 saturated heterocycles. The molecule has 0 heterocycles. The fourth-order valence-corrected chi connectivity index (χ4v) is 1.22. The molecule has 17 heavy (non-hydrogen) atoms. The van der Waals surface area contributed by atoms with Crippen LogP contribution in [-0.4, -0.2) is 55.2 Å². The van der Waals surface area contributed by atoms with Crippen LogP contribution in [-0.2, 0) is 14.9 Å². The number of amides is 1. The van der Waals surface area contributed by atoms with Crippen LogP contribution in [0.3, 0.4) is 0 Å². The van der Waals surface area contributed by atoms with Gasteiger partial charge in [-0.2, -0.15) is 30.4 Å². The van der Waals surface area contributed by atoms with Crippen LogP contribution in [0.15, 0.2) is 0 Å². The molecule has 0 fully saturated rings. The number of hydrogen-bond acceptors (Lipinski definition) is 3. The standard InChI is InChI=1S/C6H8F5NO4S/c1-12(2-3-17(14,15)16)4(13)5(7,8)6(9,10)11/h2-3H2,1H3,(H,14,15,16). The number of carbonyl (C=O) groups excluding carboxylic acids is 1. The Kier molecular flexibility index (Phi) is 4.45. The number of alkyl halides is 5. The maximum absolute atomic E-state index is 12.5. The van der Waals surface area contributed by atoms with Crippen molar-refractivity contribution in [2.24, 2.45) is 0 Å². The van der Waals surface area contributed by atoms with Gasteiger partial charge in [0, 0.05) is 13.6 Å². The lowest BCUT2D eigenvalue weighted by atomic mass is 10.3. The zero-order valence-electron chi connectivity index (χ0n) is 8.33. The molecule has 0 spiro atoms. The smallest absolute Gasteiger partial charge is 0.339 e. The van der Waals surface area contributed by atoms with Crippen molar-refractivity contribution in [3.05, 3.63) is 0 Å². The third-order valence-corrected chi connectivity index (χ3v) is 2.35. The van der Waals surface area contributed by atoms with Gasteiger partial charge in [-0.25, -0.2) is 0 Å². The second kappa shape index (κ2) is 4.72. The van der Waals surface area contributed by atoms with E-state index in [1.54, 1.807) is 0 Å². The summed E-state index contributed by atoms with van der Waals surface area (Å²) >= 11 is 0. The number of nitrogens with zero attached hydrogens (tertiary/aromatic N) is 1. The van der Waals surface area contributed by atoms with E-state index in [2.05, 4.69) is 0 Å². The molecular weight excluding hydrogens is 277 g/mol. The summed E-state index contributed by atoms with van der Waals surface area (Å²) in [5.74, 6) is -9.32. The first-order valence-electron chi connectivity index (χ1n) is 3.94. The topological polar surface area (TPSA) is 74.7 Å². The Bertz CT molecular complexity index is 390. The van der Waals surface area contributed by atoms with Crippen LogP contribution < -0.4 is 0 Å². The number of rotatable bonds is 4. The fourth-order valence-electron chi connectivity index (χ4n) is 0.715. The van der Waals surface area contributed by atoms with Crippen molar-refractivity contribution in [1.82, 2.24) is 4.90 Å². The highest BCUT2D eigenvalue weighted by Gasteiger charge is 2.64. The highest BCUT2D eigenvalue weighted by Crippen LogP contribution is 2.36. The predicted molar refractivity (Wildman–Crippen MR) is 45.1 cm³/mol. The SMILES string of the molecule is CN(CCS(=O)(=O)O)C(=O)C(F)(F)C(F)(F)F. The van der Waals surface area contributed by atoms with Gasteiger partial charge >= 0.3 is 18.0 Å². The van der Waals surface area contributed by atoms with Crippen LogP contribution >= 0.6 is 0 Å². The third-order valence-electron chi connectivity index (χ3n) is 1.66. The quantitative estimate of drug-likeness (QED) is 0.604. The highest BCUT2D eigenvalue weighted by atomic mass is 32.2. The highest BCUT2D eigenvalue weighted by molar-refractivity contribution is 7.85. The van der Waals surface area contributed by atoms with Gasteiger partial charge in [0.25, 0.3) is 10.1 Å². The van der Waals surface area contributed by atoms with Crippen LogP contribution in [0.2, 0.25) is 0 Å². The molecule has 0 saturated carbocycles. The lowest BCUT2D eigenvalue weighted by molar-refractivity contribution is -0.273. The van der Waals surface area contributed by atoms with Gasteiger partial charge in [-0.05, 0) is 0 Å². The molecule has 11 heteroatoms. The van der Waals surface area contributed by atoms with Crippen LogP contribution in [0.1, 0.15) is 0 Å². The van der Waals surface area contributed by atoms with Gasteiger partial charge in [-0.15, -0.1) is 0 Å². The predicted octanol–water partition coefficient (Wildman–Crippen LogP) is 0.530. The molecule has 0 bridgehead atoms. The van der Waals surface area contributed by atoms with E-state index in [1.165, 1.54) is 0 Å². The summed E-state index contributed by atoms with van der Waals surface area (Å²) in [4.78, 5) is 10.6. The second-order valence-corrected chi connectivity index (χ2v) is 4.66. The minimum Gasteiger partial charge on any atom is -0.339 e. The summed E-state index contributed by atoms with van der Waals surface area (Å²) in [6.07, 6.45) is -6.06. The van der Waals surface area contributed by atoms with Crippen LogP contribution in [0, 0.1) is 0 Å². The first-order valence-corrected chi connectivity index (χ1v) is 5.55. The van der Waals surface area contributed by atoms with Gasteiger partial charge in [-0.1, -0.05) is 0 Å². The summed E-state index contributed by atoms with van der Waals surface area (Å²) in [6, 6.07) is 0. The van der Waals surface area contributed by atoms with Crippen molar-refractivity contribution in [3.63, 3.8) is 0 Å². The van der Waals surface area contributed by atoms with Crippen molar-refractivity contribution in [2.45, 2.75) is 12.1 Å². The summed E-state index contributed by atoms with van der Waals surface area (Å²) in [5, 5.41) is 0. The summed E-state index contributed by atoms with van der Waals surface area (Å²) in [5.41, 5.74) is 0. The molecule has 0 rings (SSSR count). The monoisotopic (exact) mass is 285 g/mol. The van der Waals surface area contributed by atoms with Gasteiger partial charge in [0.05, 0.1) is 5.75 Å². The van der Waals surface area contributed by atoms with E-state index in [0.29, 0.717) is 7.05 Å². The molecule has 1 amide bonds. The molecule has 0 aromatic heterocycles. The zero-order valence-corrected chi connectivity index (χ0v) is 9.15. The van der Waals surface area contributed by atoms with Crippen molar-refractivity contribution >= 4 is 16.0 Å². The van der Waals surface area contributed by atoms with E-state index in [9.17, 15) is 35.2 Å². The van der Waals surface area contributed by atoms with E-state index in [4.69, 9.17) is 4.55 Å². The van der Waals surface area contributed by atoms with Gasteiger partial charge in [-0.3, -0.25) is 9.35 Å². The van der Waals surface area contributed by atoms with E-state index in [0.717, 1.165) is 0 Å². The number of carbonyl (C=O) groups is 1. The van der Waals surface area contributed by atoms with Crippen LogP contribution in [0.4, 0.5) is 22.0 Å². The van der Waals surface area contributed by atoms with Crippen molar-refractivity contribution in [1.29, 1.82) is 0 Å². The Hall–Kier alpha value is -0.970. The van der Waals surface area contributed by atoms with E-state index in [-0.39, 0.29) is 4.90 Å². The van der Waals surface area contributed by atoms with E-state index >= 15 is 0 Å². The normalized spacial score (nSPS) is 13.6. The maximum Gasteiger partial charge on any atom is 0.463 e. The Balaban J connectivity index is 4.73. The Labute approximate surface area is 92.9 Å². The summed E-state index contributed by atoms with van der Waals surface area (Å²) in [6.45, 7) is -0.983. The van der Waals surface area contributed by atoms with Crippen LogP contribution in [0.5, 0.6) is 0 Å². The molecule has 0 aliphatic carbocycles. The third kappa shape index (κ3) is 4.42. The molecule has 0 aliphatic heterocycles. The Morgan fingerprint density at radius 1 is 1.24 bits per heavy atom. The molecule has 0 unspecified atom stereocenters. The van der Waals surface area contributed by atoms with E-state index < -0.39 is 40.4 Å². The molecule has 102 valence electrons. The average Bonchev–Trinajstić information content (AvgIpc) is 2.09. The number of hydrogen-bond donors (Lipinski definition) is 1. The first kappa shape index (κ1) is 16.0. The summed E-state index contributed by atoms with van der Waals surface area (Å²) in [7, 11) is -3.99. The van der Waals surface area contributed by atoms with E-state index in [1.807, 2.05) is 0 Å². The van der Waals surface area contributed by atoms with Gasteiger partial charge in [0.1, 0.15) is 0 Å². The average molecular weight is 285 g/mol. The number of halogens is 5. The van der Waals surface area contributed by atoms with Gasteiger partial charge in [0.2, 0.25) is 0 Å². The zero-order chi connectivity index (χ0) is 14.1. The summed E-state index contributed by atoms with van der Waals surface area (Å²) < 4.78 is 88.9. The fraction of sp³-hybridized carbons (Fsp3) is 0.833. The molecule has 0 aliphatic rings. The molecule has 1 N–H and O–H groups in total. The maximum atomic E-state index is 12.5. The van der Waals surface area contributed by atoms with Crippen LogP contribution in [0.25, 0.3) is 0 Å². The Morgan fingerprint density at radius 3 is 1.94 bits per heavy atom. The minimum absolute atomic E-state index is 0.124. The lowest BCUT2D eigenvalue weighted by Gasteiger charge is -2.24.